The summed E-state index contributed by atoms with van der Waals surface area (Å²) in [6.45, 7) is 2.43. The Hall–Kier alpha value is -3.65. The van der Waals surface area contributed by atoms with Gasteiger partial charge in [0.2, 0.25) is 5.91 Å². The average molecular weight is 524 g/mol. The molecule has 2 amide bonds. The maximum Gasteiger partial charge on any atom is 0.407 e. The van der Waals surface area contributed by atoms with Crippen LogP contribution < -0.4 is 15.5 Å². The number of rotatable bonds is 10. The smallest absolute Gasteiger partial charge is 0.407 e. The summed E-state index contributed by atoms with van der Waals surface area (Å²) in [6.07, 6.45) is 0.975. The van der Waals surface area contributed by atoms with Gasteiger partial charge in [0.25, 0.3) is 0 Å². The van der Waals surface area contributed by atoms with Gasteiger partial charge in [-0.1, -0.05) is 60.7 Å². The molecule has 0 aromatic heterocycles. The number of carbonyl (C=O) groups excluding carboxylic acids is 2. The number of nitrogens with one attached hydrogen (secondary N) is 2. The number of amides is 2. The van der Waals surface area contributed by atoms with E-state index < -0.39 is 12.1 Å². The molecule has 0 spiro atoms. The molecule has 0 heterocycles. The van der Waals surface area contributed by atoms with Gasteiger partial charge in [0.1, 0.15) is 12.4 Å². The predicted molar refractivity (Wildman–Crippen MR) is 135 cm³/mol. The summed E-state index contributed by atoms with van der Waals surface area (Å²) in [4.78, 5) is 24.3. The lowest BCUT2D eigenvalue weighted by Crippen LogP contribution is -2.33. The summed E-state index contributed by atoms with van der Waals surface area (Å²) in [7, 11) is 0. The highest BCUT2D eigenvalue weighted by Crippen LogP contribution is 2.26. The van der Waals surface area contributed by atoms with Crippen molar-refractivity contribution in [3.8, 4) is 5.75 Å². The maximum atomic E-state index is 12.5. The van der Waals surface area contributed by atoms with E-state index in [9.17, 15) is 9.59 Å². The predicted octanol–water partition coefficient (Wildman–Crippen LogP) is 5.36. The van der Waals surface area contributed by atoms with Crippen LogP contribution in [0.2, 0.25) is 0 Å². The molecule has 34 heavy (non-hydrogen) atoms. The minimum absolute atomic E-state index is 0.0100. The van der Waals surface area contributed by atoms with Gasteiger partial charge < -0.3 is 14.8 Å². The number of benzene rings is 3. The zero-order valence-electron chi connectivity index (χ0n) is 18.7. The van der Waals surface area contributed by atoms with Crippen molar-refractivity contribution in [2.45, 2.75) is 26.0 Å². The first-order chi connectivity index (χ1) is 16.5. The van der Waals surface area contributed by atoms with Crippen LogP contribution in [0.1, 0.15) is 36.1 Å². The van der Waals surface area contributed by atoms with Gasteiger partial charge in [-0.25, -0.2) is 10.2 Å². The first-order valence-electron chi connectivity index (χ1n) is 10.8. The van der Waals surface area contributed by atoms with E-state index in [2.05, 4.69) is 31.8 Å². The zero-order chi connectivity index (χ0) is 24.2. The van der Waals surface area contributed by atoms with Gasteiger partial charge >= 0.3 is 6.09 Å². The number of hydrogen-bond acceptors (Lipinski definition) is 5. The molecule has 7 nitrogen and oxygen atoms in total. The molecule has 8 heteroatoms. The SMILES string of the molecule is CCOC(=O)N[C@@H](CC(=O)N/N=C\c1ccc(OCc2ccccc2)c(Br)c1)c1ccccc1. The molecule has 2 N–H and O–H groups in total. The second-order valence-corrected chi connectivity index (χ2v) is 8.14. The van der Waals surface area contributed by atoms with E-state index in [0.29, 0.717) is 12.4 Å². The van der Waals surface area contributed by atoms with Crippen LogP contribution in [-0.2, 0) is 16.1 Å². The van der Waals surface area contributed by atoms with Gasteiger partial charge in [0.05, 0.1) is 29.8 Å². The fourth-order valence-corrected chi connectivity index (χ4v) is 3.62. The van der Waals surface area contributed by atoms with Gasteiger partial charge in [-0.2, -0.15) is 5.10 Å². The van der Waals surface area contributed by atoms with E-state index in [1.807, 2.05) is 78.9 Å². The highest BCUT2D eigenvalue weighted by atomic mass is 79.9. The van der Waals surface area contributed by atoms with Crippen LogP contribution in [0.4, 0.5) is 4.79 Å². The normalized spacial score (nSPS) is 11.6. The molecule has 0 saturated carbocycles. The van der Waals surface area contributed by atoms with Crippen molar-refractivity contribution in [3.05, 3.63) is 100 Å². The Balaban J connectivity index is 1.55. The third-order valence-electron chi connectivity index (χ3n) is 4.75. The standard InChI is InChI=1S/C26H26BrN3O4/c1-2-33-26(32)29-23(21-11-7-4-8-12-21)16-25(31)30-28-17-20-13-14-24(22(27)15-20)34-18-19-9-5-3-6-10-19/h3-15,17,23H,2,16,18H2,1H3,(H,29,32)(H,30,31)/b28-17-/t23-/m0/s1. The summed E-state index contributed by atoms with van der Waals surface area (Å²) in [6, 6.07) is 24.1. The van der Waals surface area contributed by atoms with Gasteiger partial charge in [-0.3, -0.25) is 4.79 Å². The van der Waals surface area contributed by atoms with E-state index >= 15 is 0 Å². The minimum atomic E-state index is -0.577. The number of hydrogen-bond donors (Lipinski definition) is 2. The zero-order valence-corrected chi connectivity index (χ0v) is 20.3. The Labute approximate surface area is 207 Å². The largest absolute Gasteiger partial charge is 0.488 e. The Kier molecular flexibility index (Phi) is 9.66. The van der Waals surface area contributed by atoms with Crippen molar-refractivity contribution in [1.29, 1.82) is 0 Å². The number of ether oxygens (including phenoxy) is 2. The third kappa shape index (κ3) is 8.04. The fraction of sp³-hybridized carbons (Fsp3) is 0.192. The molecule has 0 aliphatic carbocycles. The van der Waals surface area contributed by atoms with Crippen molar-refractivity contribution in [3.63, 3.8) is 0 Å². The lowest BCUT2D eigenvalue weighted by Gasteiger charge is -2.18. The van der Waals surface area contributed by atoms with Crippen LogP contribution in [-0.4, -0.2) is 24.8 Å². The number of carbonyl (C=O) groups is 2. The monoisotopic (exact) mass is 523 g/mol. The summed E-state index contributed by atoms with van der Waals surface area (Å²) in [5, 5.41) is 6.75. The van der Waals surface area contributed by atoms with E-state index in [0.717, 1.165) is 21.2 Å². The van der Waals surface area contributed by atoms with Crippen LogP contribution in [0, 0.1) is 0 Å². The van der Waals surface area contributed by atoms with Gasteiger partial charge in [-0.15, -0.1) is 0 Å². The summed E-state index contributed by atoms with van der Waals surface area (Å²) < 4.78 is 11.6. The second kappa shape index (κ2) is 13.2. The van der Waals surface area contributed by atoms with E-state index in [1.54, 1.807) is 13.1 Å². The van der Waals surface area contributed by atoms with Crippen LogP contribution >= 0.6 is 15.9 Å². The minimum Gasteiger partial charge on any atom is -0.488 e. The topological polar surface area (TPSA) is 89.0 Å². The Morgan fingerprint density at radius 3 is 2.41 bits per heavy atom. The molecule has 0 bridgehead atoms. The molecule has 176 valence electrons. The molecule has 0 unspecified atom stereocenters. The van der Waals surface area contributed by atoms with E-state index in [1.165, 1.54) is 0 Å². The first kappa shape index (κ1) is 25.0. The van der Waals surface area contributed by atoms with Crippen molar-refractivity contribution >= 4 is 34.1 Å². The number of hydrazone groups is 1. The summed E-state index contributed by atoms with van der Waals surface area (Å²) in [5.74, 6) is 0.365. The fourth-order valence-electron chi connectivity index (χ4n) is 3.11. The quantitative estimate of drug-likeness (QED) is 0.276. The average Bonchev–Trinajstić information content (AvgIpc) is 2.84. The van der Waals surface area contributed by atoms with E-state index in [4.69, 9.17) is 9.47 Å². The van der Waals surface area contributed by atoms with Crippen molar-refractivity contribution in [2.24, 2.45) is 5.10 Å². The highest BCUT2D eigenvalue weighted by Gasteiger charge is 2.18. The van der Waals surface area contributed by atoms with Crippen LogP contribution in [0.25, 0.3) is 0 Å². The maximum absolute atomic E-state index is 12.5. The second-order valence-electron chi connectivity index (χ2n) is 7.29. The summed E-state index contributed by atoms with van der Waals surface area (Å²) in [5.41, 5.74) is 5.16. The van der Waals surface area contributed by atoms with Crippen LogP contribution in [0.3, 0.4) is 0 Å². The Morgan fingerprint density at radius 1 is 1.03 bits per heavy atom. The van der Waals surface area contributed by atoms with Gasteiger partial charge in [0, 0.05) is 0 Å². The molecule has 0 fully saturated rings. The Morgan fingerprint density at radius 2 is 1.74 bits per heavy atom. The van der Waals surface area contributed by atoms with Crippen molar-refractivity contribution in [1.82, 2.24) is 10.7 Å². The molecule has 0 aliphatic rings. The summed E-state index contributed by atoms with van der Waals surface area (Å²) >= 11 is 3.51. The number of nitrogens with zero attached hydrogens (tertiary/aromatic N) is 1. The molecular formula is C26H26BrN3O4. The van der Waals surface area contributed by atoms with Crippen LogP contribution in [0.5, 0.6) is 5.75 Å². The van der Waals surface area contributed by atoms with Crippen molar-refractivity contribution < 1.29 is 19.1 Å². The number of alkyl carbamates (subject to hydrolysis) is 1. The lowest BCUT2D eigenvalue weighted by molar-refractivity contribution is -0.121. The highest BCUT2D eigenvalue weighted by molar-refractivity contribution is 9.10. The number of halogens is 1. The first-order valence-corrected chi connectivity index (χ1v) is 11.6. The van der Waals surface area contributed by atoms with Gasteiger partial charge in [-0.05, 0) is 57.7 Å². The molecule has 3 aromatic carbocycles. The van der Waals surface area contributed by atoms with Crippen LogP contribution in [0.15, 0.2) is 88.4 Å². The molecule has 0 radical (unpaired) electrons. The molecule has 0 aliphatic heterocycles. The van der Waals surface area contributed by atoms with E-state index in [-0.39, 0.29) is 18.9 Å². The molecule has 3 aromatic rings. The molecule has 3 rings (SSSR count). The molecule has 0 saturated heterocycles. The molecular weight excluding hydrogens is 498 g/mol. The van der Waals surface area contributed by atoms with Gasteiger partial charge in [0.15, 0.2) is 0 Å². The molecule has 1 atom stereocenters. The third-order valence-corrected chi connectivity index (χ3v) is 5.37. The Bertz CT molecular complexity index is 1110. The van der Waals surface area contributed by atoms with Crippen molar-refractivity contribution in [2.75, 3.05) is 6.61 Å². The lowest BCUT2D eigenvalue weighted by atomic mass is 10.0.